The lowest BCUT2D eigenvalue weighted by molar-refractivity contribution is 0.519. The van der Waals surface area contributed by atoms with Crippen molar-refractivity contribution in [3.05, 3.63) is 0 Å². The Morgan fingerprint density at radius 3 is 1.82 bits per heavy atom. The van der Waals surface area contributed by atoms with Gasteiger partial charge in [0.2, 0.25) is 0 Å². The first-order valence-electron chi connectivity index (χ1n) is 2.89. The van der Waals surface area contributed by atoms with Crippen LogP contribution in [0.3, 0.4) is 0 Å². The molecule has 1 heterocycles. The average molecular weight is 412 g/mol. The van der Waals surface area contributed by atoms with E-state index >= 15 is 0 Å². The van der Waals surface area contributed by atoms with Crippen LogP contribution in [0.5, 0.6) is 0 Å². The van der Waals surface area contributed by atoms with Crippen molar-refractivity contribution < 1.29 is 0 Å². The van der Waals surface area contributed by atoms with Crippen molar-refractivity contribution >= 4 is 80.3 Å². The van der Waals surface area contributed by atoms with Gasteiger partial charge in [0.25, 0.3) is 0 Å². The number of hydrogen-bond donors (Lipinski definition) is 0. The largest absolute Gasteiger partial charge is 0.278 e. The summed E-state index contributed by atoms with van der Waals surface area (Å²) in [6.45, 7) is 4.12. The molecule has 1 aliphatic heterocycles. The Morgan fingerprint density at radius 2 is 1.73 bits per heavy atom. The van der Waals surface area contributed by atoms with Crippen molar-refractivity contribution in [2.45, 2.75) is 19.4 Å². The minimum Gasteiger partial charge on any atom is -0.278 e. The number of nitrogens with zero attached hydrogens (tertiary/aromatic N) is 2. The summed E-state index contributed by atoms with van der Waals surface area (Å²) in [5.74, 6) is 0. The molecule has 0 N–H and O–H groups in total. The number of hydrogen-bond acceptors (Lipinski definition) is 2. The summed E-state index contributed by atoms with van der Waals surface area (Å²) >= 11 is 14.7. The van der Waals surface area contributed by atoms with Gasteiger partial charge >= 0.3 is 0 Å². The Kier molecular flexibility index (Phi) is 2.99. The van der Waals surface area contributed by atoms with Gasteiger partial charge in [0.05, 0.1) is 51.3 Å². The molecule has 62 valence electrons. The fourth-order valence-corrected chi connectivity index (χ4v) is 3.11. The Hall–Kier alpha value is 1.24. The summed E-state index contributed by atoms with van der Waals surface area (Å²) in [5.41, 5.74) is -0.117. The van der Waals surface area contributed by atoms with Gasteiger partial charge in [-0.05, 0) is 26.1 Å². The van der Waals surface area contributed by atoms with Gasteiger partial charge < -0.3 is 0 Å². The van der Waals surface area contributed by atoms with Crippen LogP contribution in [0.25, 0.3) is 0 Å². The van der Waals surface area contributed by atoms with E-state index in [-0.39, 0.29) is 5.54 Å². The lowest BCUT2D eigenvalue weighted by atomic mass is 10.1. The fraction of sp³-hybridized carbons (Fsp3) is 0.600. The molecule has 1 aliphatic rings. The molecule has 0 spiro atoms. The van der Waals surface area contributed by atoms with Gasteiger partial charge in [-0.25, -0.2) is 3.11 Å². The second-order valence-corrected chi connectivity index (χ2v) is 5.39. The van der Waals surface area contributed by atoms with Crippen LogP contribution in [0.15, 0.2) is 0 Å². The van der Waals surface area contributed by atoms with Crippen LogP contribution in [0.4, 0.5) is 0 Å². The molecule has 0 aliphatic carbocycles. The molecule has 1 rings (SSSR count). The molecule has 1 fully saturated rings. The molecule has 0 bridgehead atoms. The van der Waals surface area contributed by atoms with Crippen LogP contribution in [0.2, 0.25) is 0 Å². The van der Waals surface area contributed by atoms with Gasteiger partial charge in [-0.2, -0.15) is 0 Å². The summed E-state index contributed by atoms with van der Waals surface area (Å²) in [7, 11) is 0. The maximum Gasteiger partial charge on any atom is 0.195 e. The zero-order valence-electron chi connectivity index (χ0n) is 5.97. The lowest BCUT2D eigenvalue weighted by Gasteiger charge is -2.23. The molecule has 0 aromatic carbocycles. The minimum atomic E-state index is -0.117. The van der Waals surface area contributed by atoms with Gasteiger partial charge in [-0.3, -0.25) is 3.11 Å². The van der Waals surface area contributed by atoms with Crippen molar-refractivity contribution in [1.82, 2.24) is 6.23 Å². The maximum atomic E-state index is 5.22. The summed E-state index contributed by atoms with van der Waals surface area (Å²) in [6, 6.07) is 0. The highest BCUT2D eigenvalue weighted by Crippen LogP contribution is 2.34. The zero-order valence-corrected chi connectivity index (χ0v) is 11.9. The predicted molar refractivity (Wildman–Crippen MR) is 71.0 cm³/mol. The van der Waals surface area contributed by atoms with Crippen molar-refractivity contribution in [3.8, 4) is 0 Å². The number of thiocarbonyl (C=S) groups is 2. The van der Waals surface area contributed by atoms with Crippen LogP contribution in [0, 0.1) is 0 Å². The number of rotatable bonds is 0. The van der Waals surface area contributed by atoms with Crippen LogP contribution >= 0.6 is 70.2 Å². The molecular weight excluding hydrogens is 406 g/mol. The Balaban J connectivity index is 3.06. The topological polar surface area (TPSA) is 6.48 Å². The summed E-state index contributed by atoms with van der Waals surface area (Å²) in [5, 5.41) is 0.779. The second kappa shape index (κ2) is 3.18. The van der Waals surface area contributed by atoms with Crippen LogP contribution < -0.4 is 0 Å². The highest BCUT2D eigenvalue weighted by molar-refractivity contribution is 14.1. The third-order valence-electron chi connectivity index (χ3n) is 1.53. The SMILES string of the molecule is CC1(C)C(=S)N(I)C(=S)N1I. The van der Waals surface area contributed by atoms with E-state index in [1.165, 1.54) is 0 Å². The molecule has 2 nitrogen and oxygen atoms in total. The molecule has 0 atom stereocenters. The van der Waals surface area contributed by atoms with Gasteiger partial charge in [-0.1, -0.05) is 12.2 Å². The number of halogens is 2. The Labute approximate surface area is 105 Å². The Morgan fingerprint density at radius 1 is 1.27 bits per heavy atom. The van der Waals surface area contributed by atoms with E-state index in [1.807, 2.05) is 6.23 Å². The molecule has 0 amide bonds. The highest BCUT2D eigenvalue weighted by atomic mass is 127. The van der Waals surface area contributed by atoms with E-state index in [2.05, 4.69) is 59.6 Å². The second-order valence-electron chi connectivity index (χ2n) is 2.71. The normalized spacial score (nSPS) is 23.3. The Bertz CT molecular complexity index is 229. The predicted octanol–water partition coefficient (Wildman–Crippen LogP) is 2.69. The molecule has 1 saturated heterocycles. The van der Waals surface area contributed by atoms with Crippen molar-refractivity contribution in [2.24, 2.45) is 0 Å². The molecule has 0 saturated carbocycles. The third kappa shape index (κ3) is 1.51. The smallest absolute Gasteiger partial charge is 0.195 e. The minimum absolute atomic E-state index is 0.117. The van der Waals surface area contributed by atoms with Crippen molar-refractivity contribution in [1.29, 1.82) is 0 Å². The quantitative estimate of drug-likeness (QED) is 0.343. The fourth-order valence-electron chi connectivity index (χ4n) is 0.727. The van der Waals surface area contributed by atoms with E-state index in [4.69, 9.17) is 24.4 Å². The average Bonchev–Trinajstić information content (AvgIpc) is 2.06. The molecule has 11 heavy (non-hydrogen) atoms. The molecule has 0 aromatic heterocycles. The summed E-state index contributed by atoms with van der Waals surface area (Å²) < 4.78 is 3.82. The molecule has 0 aromatic rings. The summed E-state index contributed by atoms with van der Waals surface area (Å²) in [6.07, 6.45) is 0. The van der Waals surface area contributed by atoms with Gasteiger partial charge in [0.15, 0.2) is 5.11 Å². The summed E-state index contributed by atoms with van der Waals surface area (Å²) in [4.78, 5) is 0.873. The van der Waals surface area contributed by atoms with E-state index < -0.39 is 0 Å². The molecule has 6 heteroatoms. The molecular formula is C5H6I2N2S2. The van der Waals surface area contributed by atoms with Crippen LogP contribution in [-0.4, -0.2) is 21.9 Å². The van der Waals surface area contributed by atoms with Crippen LogP contribution in [-0.2, 0) is 0 Å². The monoisotopic (exact) mass is 412 g/mol. The standard InChI is InChI=1S/C5H6I2N2S2/c1-5(2)3(10)8(6)4(11)9(5)7/h1-2H3. The molecule has 0 unspecified atom stereocenters. The van der Waals surface area contributed by atoms with Crippen molar-refractivity contribution in [2.75, 3.05) is 0 Å². The van der Waals surface area contributed by atoms with E-state index in [0.717, 1.165) is 10.1 Å². The highest BCUT2D eigenvalue weighted by Gasteiger charge is 2.43. The first-order valence-corrected chi connectivity index (χ1v) is 5.64. The first-order chi connectivity index (χ1) is 4.89. The van der Waals surface area contributed by atoms with E-state index in [9.17, 15) is 0 Å². The van der Waals surface area contributed by atoms with Gasteiger partial charge in [-0.15, -0.1) is 0 Å². The van der Waals surface area contributed by atoms with E-state index in [0.29, 0.717) is 0 Å². The van der Waals surface area contributed by atoms with Crippen molar-refractivity contribution in [3.63, 3.8) is 0 Å². The first kappa shape index (κ1) is 10.3. The third-order valence-corrected chi connectivity index (χ3v) is 6.16. The lowest BCUT2D eigenvalue weighted by Crippen LogP contribution is -2.36. The maximum absolute atomic E-state index is 5.22. The van der Waals surface area contributed by atoms with Gasteiger partial charge in [0.1, 0.15) is 4.99 Å². The zero-order chi connectivity index (χ0) is 8.81. The molecule has 0 radical (unpaired) electrons. The van der Waals surface area contributed by atoms with Crippen LogP contribution in [0.1, 0.15) is 13.8 Å². The van der Waals surface area contributed by atoms with Gasteiger partial charge in [0, 0.05) is 0 Å². The van der Waals surface area contributed by atoms with E-state index in [1.54, 1.807) is 0 Å².